The maximum Gasteiger partial charge on any atom is 0.360 e. The van der Waals surface area contributed by atoms with Gasteiger partial charge in [-0.25, -0.2) is 23.5 Å². The number of hydrogen-bond donors (Lipinski definition) is 1. The fourth-order valence-electron chi connectivity index (χ4n) is 4.05. The molecule has 2 aromatic carbocycles. The number of carbonyl (C=O) groups excluding carboxylic acids is 2. The second-order valence-electron chi connectivity index (χ2n) is 9.30. The summed E-state index contributed by atoms with van der Waals surface area (Å²) in [7, 11) is 0. The smallest absolute Gasteiger partial charge is 0.360 e. The fourth-order valence-corrected chi connectivity index (χ4v) is 6.57. The second kappa shape index (κ2) is 16.9. The molecule has 10 nitrogen and oxygen atoms in total. The van der Waals surface area contributed by atoms with Crippen LogP contribution in [0.15, 0.2) is 65.5 Å². The topological polar surface area (TPSA) is 141 Å². The van der Waals surface area contributed by atoms with Crippen LogP contribution in [-0.2, 0) is 14.0 Å². The van der Waals surface area contributed by atoms with Crippen LogP contribution in [0.4, 0.5) is 8.78 Å². The van der Waals surface area contributed by atoms with Crippen molar-refractivity contribution in [3.63, 3.8) is 0 Å². The Bertz CT molecular complexity index is 2220. The molecular weight excluding hydrogens is 787 g/mol. The van der Waals surface area contributed by atoms with Crippen molar-refractivity contribution in [2.45, 2.75) is 13.8 Å². The number of H-pyrrole nitrogens is 1. The molecule has 49 heavy (non-hydrogen) atoms. The van der Waals surface area contributed by atoms with Gasteiger partial charge in [-0.15, -0.1) is 32.9 Å². The maximum absolute atomic E-state index is 13.0. The average Bonchev–Trinajstić information content (AvgIpc) is 3.69. The number of rotatable bonds is 6. The molecule has 0 saturated heterocycles. The Hall–Kier alpha value is -3.49. The molecule has 0 fully saturated rings. The van der Waals surface area contributed by atoms with E-state index in [4.69, 9.17) is 21.1 Å². The van der Waals surface area contributed by atoms with Gasteiger partial charge in [-0.05, 0) is 95.1 Å². The SMILES string of the molecule is CCOC(=O)c1n[nH]c(=O)c2cc(-c3ccc(F)cc3)sc12.CCOC(=O)c1nnc(Cl)c2cc(-c3ccc(F)cc3)sc12.O=P(Cl)(Cl)Cl. The maximum atomic E-state index is 13.0. The number of fused-ring (bicyclic) bond motifs is 2. The highest BCUT2D eigenvalue weighted by atomic mass is 36.0. The van der Waals surface area contributed by atoms with Gasteiger partial charge in [0.05, 0.1) is 28.0 Å². The van der Waals surface area contributed by atoms with Crippen LogP contribution >= 0.6 is 73.2 Å². The van der Waals surface area contributed by atoms with Gasteiger partial charge in [0.15, 0.2) is 16.5 Å². The van der Waals surface area contributed by atoms with Crippen LogP contribution in [0, 0.1) is 11.6 Å². The molecule has 19 heteroatoms. The average molecular weight is 808 g/mol. The fraction of sp³-hybridized carbons (Fsp3) is 0.133. The standard InChI is InChI=1S/C15H10ClFN2O2S.C15H11FN2O3S.Cl3OP/c1-2-21-15(20)12-13-10(14(16)19-18-12)7-11(22-13)8-3-5-9(17)6-4-8;1-2-21-15(20)12-13-10(14(19)18-17-12)7-11(22-13)8-3-5-9(16)6-4-8;1-5(2,3)4/h3-7H,2H2,1H3;3-7H,2H2,1H3,(H,18,19);. The Morgan fingerprint density at radius 2 is 1.20 bits per heavy atom. The Balaban J connectivity index is 0.000000194. The van der Waals surface area contributed by atoms with Crippen molar-refractivity contribution in [1.82, 2.24) is 20.4 Å². The second-order valence-corrected chi connectivity index (χ2v) is 18.4. The zero-order chi connectivity index (χ0) is 35.9. The van der Waals surface area contributed by atoms with E-state index in [1.807, 2.05) is 6.07 Å². The minimum Gasteiger partial charge on any atom is -0.461 e. The summed E-state index contributed by atoms with van der Waals surface area (Å²) in [6.45, 7) is 3.88. The molecule has 0 radical (unpaired) electrons. The monoisotopic (exact) mass is 806 g/mol. The lowest BCUT2D eigenvalue weighted by Gasteiger charge is -2.01. The van der Waals surface area contributed by atoms with Crippen molar-refractivity contribution in [2.24, 2.45) is 0 Å². The van der Waals surface area contributed by atoms with E-state index < -0.39 is 17.1 Å². The van der Waals surface area contributed by atoms with Crippen molar-refractivity contribution >= 4 is 105 Å². The van der Waals surface area contributed by atoms with E-state index in [0.29, 0.717) is 20.2 Å². The Labute approximate surface area is 303 Å². The number of benzene rings is 2. The Morgan fingerprint density at radius 3 is 1.67 bits per heavy atom. The number of halogens is 6. The van der Waals surface area contributed by atoms with Gasteiger partial charge in [-0.1, -0.05) is 35.9 Å². The summed E-state index contributed by atoms with van der Waals surface area (Å²) in [6.07, 6.45) is 0. The van der Waals surface area contributed by atoms with E-state index in [2.05, 4.69) is 54.1 Å². The van der Waals surface area contributed by atoms with E-state index in [1.54, 1.807) is 44.2 Å². The number of carbonyl (C=O) groups is 2. The van der Waals surface area contributed by atoms with Crippen LogP contribution in [-0.4, -0.2) is 45.5 Å². The highest BCUT2D eigenvalue weighted by molar-refractivity contribution is 8.24. The van der Waals surface area contributed by atoms with Gasteiger partial charge in [0.2, 0.25) is 0 Å². The first-order chi connectivity index (χ1) is 23.2. The third-order valence-corrected chi connectivity index (χ3v) is 8.72. The summed E-state index contributed by atoms with van der Waals surface area (Å²) < 4.78 is 46.5. The molecule has 4 heterocycles. The van der Waals surface area contributed by atoms with Crippen LogP contribution in [0.3, 0.4) is 0 Å². The quantitative estimate of drug-likeness (QED) is 0.129. The highest BCUT2D eigenvalue weighted by Gasteiger charge is 2.20. The first kappa shape index (κ1) is 38.3. The number of aromatic amines is 1. The molecule has 0 amide bonds. The lowest BCUT2D eigenvalue weighted by atomic mass is 10.2. The molecule has 0 saturated carbocycles. The molecule has 4 aromatic heterocycles. The Morgan fingerprint density at radius 1 is 0.776 bits per heavy atom. The van der Waals surface area contributed by atoms with E-state index in [1.165, 1.54) is 46.9 Å². The van der Waals surface area contributed by atoms with Gasteiger partial charge >= 0.3 is 17.1 Å². The number of esters is 2. The molecule has 0 spiro atoms. The van der Waals surface area contributed by atoms with E-state index >= 15 is 0 Å². The molecule has 0 aliphatic rings. The number of nitrogens with zero attached hydrogens (tertiary/aromatic N) is 3. The molecular formula is C30H21Cl4F2N4O6PS2. The van der Waals surface area contributed by atoms with Gasteiger partial charge in [0, 0.05) is 15.1 Å². The normalized spacial score (nSPS) is 10.9. The summed E-state index contributed by atoms with van der Waals surface area (Å²) in [6, 6.07) is 15.5. The largest absolute Gasteiger partial charge is 0.461 e. The van der Waals surface area contributed by atoms with Crippen molar-refractivity contribution < 1.29 is 32.4 Å². The molecule has 0 aliphatic carbocycles. The van der Waals surface area contributed by atoms with Crippen LogP contribution in [0.2, 0.25) is 5.15 Å². The van der Waals surface area contributed by atoms with Crippen molar-refractivity contribution in [1.29, 1.82) is 0 Å². The molecule has 0 atom stereocenters. The summed E-state index contributed by atoms with van der Waals surface area (Å²) >= 11 is 22.5. The van der Waals surface area contributed by atoms with E-state index in [9.17, 15) is 27.7 Å². The van der Waals surface area contributed by atoms with Gasteiger partial charge < -0.3 is 9.47 Å². The van der Waals surface area contributed by atoms with Crippen LogP contribution in [0.1, 0.15) is 34.8 Å². The predicted molar refractivity (Wildman–Crippen MR) is 191 cm³/mol. The van der Waals surface area contributed by atoms with Gasteiger partial charge in [-0.2, -0.15) is 5.10 Å². The van der Waals surface area contributed by atoms with Crippen molar-refractivity contribution in [3.05, 3.63) is 99.2 Å². The van der Waals surface area contributed by atoms with Crippen molar-refractivity contribution in [3.8, 4) is 20.9 Å². The molecule has 6 rings (SSSR count). The Kier molecular flexibility index (Phi) is 13.3. The minimum atomic E-state index is -3.22. The van der Waals surface area contributed by atoms with Crippen LogP contribution < -0.4 is 5.56 Å². The van der Waals surface area contributed by atoms with E-state index in [-0.39, 0.29) is 46.9 Å². The number of hydrogen-bond acceptors (Lipinski definition) is 11. The molecule has 0 aliphatic heterocycles. The molecule has 6 aromatic rings. The summed E-state index contributed by atoms with van der Waals surface area (Å²) in [5.74, 6) is -1.77. The van der Waals surface area contributed by atoms with E-state index in [0.717, 1.165) is 20.9 Å². The number of thiophene rings is 2. The molecule has 256 valence electrons. The zero-order valence-corrected chi connectivity index (χ0v) is 30.6. The predicted octanol–water partition coefficient (Wildman–Crippen LogP) is 10.1. The van der Waals surface area contributed by atoms with Crippen molar-refractivity contribution in [2.75, 3.05) is 13.2 Å². The molecule has 0 bridgehead atoms. The summed E-state index contributed by atoms with van der Waals surface area (Å²) in [4.78, 5) is 37.3. The lowest BCUT2D eigenvalue weighted by Crippen LogP contribution is -2.14. The molecule has 1 N–H and O–H groups in total. The van der Waals surface area contributed by atoms with Crippen LogP contribution in [0.25, 0.3) is 41.1 Å². The summed E-state index contributed by atoms with van der Waals surface area (Å²) in [5, 5.41) is 11.7. The van der Waals surface area contributed by atoms with Crippen LogP contribution in [0.5, 0.6) is 0 Å². The molecule has 0 unspecified atom stereocenters. The van der Waals surface area contributed by atoms with Gasteiger partial charge in [0.25, 0.3) is 5.56 Å². The lowest BCUT2D eigenvalue weighted by molar-refractivity contribution is 0.0511. The minimum absolute atomic E-state index is 0.0785. The first-order valence-corrected chi connectivity index (χ1v) is 20.2. The van der Waals surface area contributed by atoms with Gasteiger partial charge in [-0.3, -0.25) is 9.36 Å². The number of aromatic nitrogens is 4. The summed E-state index contributed by atoms with van der Waals surface area (Å²) in [5.41, 5.74) is 1.42. The highest BCUT2D eigenvalue weighted by Crippen LogP contribution is 2.61. The zero-order valence-electron chi connectivity index (χ0n) is 25.0. The van der Waals surface area contributed by atoms with Gasteiger partial charge in [0.1, 0.15) is 11.6 Å². The number of ether oxygens (including phenoxy) is 2. The number of nitrogens with one attached hydrogen (secondary N) is 1. The third-order valence-electron chi connectivity index (χ3n) is 6.06. The first-order valence-electron chi connectivity index (χ1n) is 13.7. The third kappa shape index (κ3) is 10.3.